The second kappa shape index (κ2) is 6.65. The Hall–Kier alpha value is -2.28. The second-order valence-corrected chi connectivity index (χ2v) is 5.60. The number of nitrogens with zero attached hydrogens (tertiary/aromatic N) is 3. The van der Waals surface area contributed by atoms with Crippen LogP contribution >= 0.6 is 0 Å². The molecular weight excluding hydrogens is 282 g/mol. The maximum absolute atomic E-state index is 5.87. The van der Waals surface area contributed by atoms with E-state index < -0.39 is 5.66 Å². The maximum atomic E-state index is 5.87. The van der Waals surface area contributed by atoms with Crippen LogP contribution in [0.2, 0.25) is 0 Å². The molecule has 1 aromatic carbocycles. The summed E-state index contributed by atoms with van der Waals surface area (Å²) in [5, 5.41) is 1.48. The maximum Gasteiger partial charge on any atom is 0.226 e. The number of nitrogens with two attached hydrogens (primary N) is 2. The fourth-order valence-corrected chi connectivity index (χ4v) is 2.07. The van der Waals surface area contributed by atoms with Crippen molar-refractivity contribution >= 4 is 11.9 Å². The molecule has 2 rings (SSSR count). The van der Waals surface area contributed by atoms with Gasteiger partial charge in [-0.3, -0.25) is 4.84 Å². The highest BCUT2D eigenvalue weighted by atomic mass is 16.7. The molecule has 0 spiro atoms. The molecule has 0 saturated heterocycles. The third-order valence-electron chi connectivity index (χ3n) is 3.14. The predicted molar refractivity (Wildman–Crippen MR) is 86.3 cm³/mol. The molecule has 0 amide bonds. The van der Waals surface area contributed by atoms with Crippen LogP contribution in [0, 0.1) is 0 Å². The molecule has 120 valence electrons. The second-order valence-electron chi connectivity index (χ2n) is 5.60. The number of hydroxylamine groups is 2. The van der Waals surface area contributed by atoms with Crippen molar-refractivity contribution in [1.82, 2.24) is 5.06 Å². The first-order valence-corrected chi connectivity index (χ1v) is 7.23. The lowest BCUT2D eigenvalue weighted by molar-refractivity contribution is -0.192. The summed E-state index contributed by atoms with van der Waals surface area (Å²) in [4.78, 5) is 14.0. The summed E-state index contributed by atoms with van der Waals surface area (Å²) in [5.74, 6) is 1.20. The van der Waals surface area contributed by atoms with Gasteiger partial charge in [-0.25, -0.2) is 4.99 Å². The Labute approximate surface area is 130 Å². The molecule has 0 fully saturated rings. The average Bonchev–Trinajstić information content (AvgIpc) is 2.43. The zero-order chi connectivity index (χ0) is 16.2. The van der Waals surface area contributed by atoms with Gasteiger partial charge in [-0.2, -0.15) is 10.1 Å². The van der Waals surface area contributed by atoms with Crippen LogP contribution in [-0.2, 0) is 4.84 Å². The van der Waals surface area contributed by atoms with E-state index in [0.717, 1.165) is 5.75 Å². The number of hydrogen-bond acceptors (Lipinski definition) is 7. The number of guanidine groups is 2. The Morgan fingerprint density at radius 2 is 1.91 bits per heavy atom. The molecule has 1 unspecified atom stereocenters. The quantitative estimate of drug-likeness (QED) is 0.829. The van der Waals surface area contributed by atoms with E-state index in [4.69, 9.17) is 21.0 Å². The van der Waals surface area contributed by atoms with Crippen molar-refractivity contribution in [1.29, 1.82) is 0 Å². The lowest BCUT2D eigenvalue weighted by atomic mass is 10.2. The van der Waals surface area contributed by atoms with E-state index in [1.165, 1.54) is 5.06 Å². The molecule has 1 aromatic rings. The molecule has 4 N–H and O–H groups in total. The number of benzene rings is 1. The first kappa shape index (κ1) is 16.1. The van der Waals surface area contributed by atoms with Gasteiger partial charge in [-0.1, -0.05) is 18.2 Å². The minimum absolute atomic E-state index is 0.105. The monoisotopic (exact) mass is 305 g/mol. The van der Waals surface area contributed by atoms with Gasteiger partial charge in [0.1, 0.15) is 5.75 Å². The van der Waals surface area contributed by atoms with Crippen LogP contribution < -0.4 is 16.2 Å². The Kier molecular flexibility index (Phi) is 4.87. The highest BCUT2D eigenvalue weighted by molar-refractivity contribution is 5.95. The van der Waals surface area contributed by atoms with E-state index >= 15 is 0 Å². The molecule has 22 heavy (non-hydrogen) atoms. The molecule has 1 atom stereocenters. The molecule has 0 bridgehead atoms. The van der Waals surface area contributed by atoms with Crippen LogP contribution in [0.25, 0.3) is 0 Å². The normalized spacial score (nSPS) is 18.4. The number of para-hydroxylation sites is 1. The third kappa shape index (κ3) is 4.11. The summed E-state index contributed by atoms with van der Waals surface area (Å²) in [5.41, 5.74) is 10.8. The molecule has 1 aliphatic heterocycles. The van der Waals surface area contributed by atoms with Gasteiger partial charge < -0.3 is 16.2 Å². The molecule has 7 nitrogen and oxygen atoms in total. The Morgan fingerprint density at radius 1 is 1.23 bits per heavy atom. The van der Waals surface area contributed by atoms with Gasteiger partial charge in [0.25, 0.3) is 0 Å². The van der Waals surface area contributed by atoms with Crippen molar-refractivity contribution in [3.63, 3.8) is 0 Å². The standard InChI is InChI=1S/C15H23N5O2/c1-11(9-10-21-12-7-5-4-6-8-12)22-20-14(17)18-13(16)19-15(20,2)3/h4-8,11H,9-10H2,1-3H3,(H4,16,17,18,19). The molecule has 7 heteroatoms. The van der Waals surface area contributed by atoms with Crippen LogP contribution in [0.4, 0.5) is 0 Å². The first-order chi connectivity index (χ1) is 10.4. The molecule has 0 saturated carbocycles. The van der Waals surface area contributed by atoms with Crippen LogP contribution in [-0.4, -0.2) is 35.4 Å². The van der Waals surface area contributed by atoms with Crippen LogP contribution in [0.3, 0.4) is 0 Å². The van der Waals surface area contributed by atoms with Crippen molar-refractivity contribution in [3.05, 3.63) is 30.3 Å². The largest absolute Gasteiger partial charge is 0.493 e. The smallest absolute Gasteiger partial charge is 0.226 e. The van der Waals surface area contributed by atoms with Gasteiger partial charge in [0.2, 0.25) is 11.9 Å². The molecule has 0 radical (unpaired) electrons. The van der Waals surface area contributed by atoms with Crippen molar-refractivity contribution in [2.45, 2.75) is 39.0 Å². The molecule has 0 aromatic heterocycles. The van der Waals surface area contributed by atoms with Gasteiger partial charge in [0, 0.05) is 6.42 Å². The summed E-state index contributed by atoms with van der Waals surface area (Å²) < 4.78 is 5.65. The lowest BCUT2D eigenvalue weighted by Gasteiger charge is -2.38. The number of aliphatic imine (C=N–C) groups is 2. The Bertz CT molecular complexity index is 556. The van der Waals surface area contributed by atoms with E-state index in [2.05, 4.69) is 9.98 Å². The molecule has 1 heterocycles. The van der Waals surface area contributed by atoms with Crippen LogP contribution in [0.1, 0.15) is 27.2 Å². The molecule has 1 aliphatic rings. The number of ether oxygens (including phenoxy) is 1. The van der Waals surface area contributed by atoms with E-state index in [1.807, 2.05) is 51.1 Å². The Balaban J connectivity index is 1.84. The average molecular weight is 305 g/mol. The minimum atomic E-state index is -0.690. The zero-order valence-electron chi connectivity index (χ0n) is 13.2. The van der Waals surface area contributed by atoms with Gasteiger partial charge in [0.05, 0.1) is 12.7 Å². The van der Waals surface area contributed by atoms with E-state index in [-0.39, 0.29) is 18.0 Å². The number of rotatable bonds is 6. The van der Waals surface area contributed by atoms with Gasteiger partial charge in [0.15, 0.2) is 5.66 Å². The fourth-order valence-electron chi connectivity index (χ4n) is 2.07. The minimum Gasteiger partial charge on any atom is -0.493 e. The summed E-state index contributed by atoms with van der Waals surface area (Å²) in [6.07, 6.45) is 0.597. The van der Waals surface area contributed by atoms with Crippen molar-refractivity contribution in [2.24, 2.45) is 21.5 Å². The predicted octanol–water partition coefficient (Wildman–Crippen LogP) is 1.46. The van der Waals surface area contributed by atoms with E-state index in [0.29, 0.717) is 13.0 Å². The zero-order valence-corrected chi connectivity index (χ0v) is 13.2. The highest BCUT2D eigenvalue weighted by Gasteiger charge is 2.34. The van der Waals surface area contributed by atoms with Crippen molar-refractivity contribution in [2.75, 3.05) is 6.61 Å². The third-order valence-corrected chi connectivity index (χ3v) is 3.14. The first-order valence-electron chi connectivity index (χ1n) is 7.23. The van der Waals surface area contributed by atoms with Crippen LogP contribution in [0.5, 0.6) is 5.75 Å². The topological polar surface area (TPSA) is 98.5 Å². The van der Waals surface area contributed by atoms with Crippen molar-refractivity contribution < 1.29 is 9.57 Å². The van der Waals surface area contributed by atoms with Crippen molar-refractivity contribution in [3.8, 4) is 5.75 Å². The SMILES string of the molecule is CC(CCOc1ccccc1)ON1C(N)=NC(N)=NC1(C)C. The highest BCUT2D eigenvalue weighted by Crippen LogP contribution is 2.21. The van der Waals surface area contributed by atoms with Gasteiger partial charge >= 0.3 is 0 Å². The van der Waals surface area contributed by atoms with E-state index in [1.54, 1.807) is 0 Å². The lowest BCUT2D eigenvalue weighted by Crippen LogP contribution is -2.54. The van der Waals surface area contributed by atoms with Gasteiger partial charge in [-0.05, 0) is 32.9 Å². The Morgan fingerprint density at radius 3 is 2.55 bits per heavy atom. The molecular formula is C15H23N5O2. The number of hydrogen-bond donors (Lipinski definition) is 2. The molecule has 0 aliphatic carbocycles. The fraction of sp³-hybridized carbons (Fsp3) is 0.467. The van der Waals surface area contributed by atoms with E-state index in [9.17, 15) is 0 Å². The van der Waals surface area contributed by atoms with Crippen LogP contribution in [0.15, 0.2) is 40.3 Å². The summed E-state index contributed by atoms with van der Waals surface area (Å²) in [6, 6.07) is 9.66. The summed E-state index contributed by atoms with van der Waals surface area (Å²) in [7, 11) is 0. The van der Waals surface area contributed by atoms with Gasteiger partial charge in [-0.15, -0.1) is 0 Å². The summed E-state index contributed by atoms with van der Waals surface area (Å²) >= 11 is 0. The summed E-state index contributed by atoms with van der Waals surface area (Å²) in [6.45, 7) is 6.20.